The van der Waals surface area contributed by atoms with E-state index in [1.807, 2.05) is 55.4 Å². The van der Waals surface area contributed by atoms with Crippen LogP contribution in [0.25, 0.3) is 0 Å². The number of hydrogen-bond acceptors (Lipinski definition) is 11. The minimum absolute atomic E-state index is 0.0424. The number of hydrogen-bond donors (Lipinski definition) is 0. The Morgan fingerprint density at radius 2 is 1.23 bits per heavy atom. The Kier molecular flexibility index (Phi) is 16.1. The smallest absolute Gasteiger partial charge is 0.327 e. The Morgan fingerprint density at radius 1 is 0.727 bits per heavy atom. The third-order valence-corrected chi connectivity index (χ3v) is 18.0. The van der Waals surface area contributed by atoms with Crippen molar-refractivity contribution in [3.8, 4) is 6.07 Å². The van der Waals surface area contributed by atoms with Crippen molar-refractivity contribution < 1.29 is 47.6 Å². The molecular formula is C55H91NO10. The Bertz CT molecular complexity index is 1780. The first kappa shape index (κ1) is 54.2. The normalized spacial score (nSPS) is 34.9. The molecule has 0 aromatic heterocycles. The van der Waals surface area contributed by atoms with Crippen LogP contribution in [-0.2, 0) is 47.6 Å². The van der Waals surface area contributed by atoms with Crippen molar-refractivity contribution in [1.82, 2.24) is 0 Å². The van der Waals surface area contributed by atoms with E-state index in [9.17, 15) is 24.4 Å². The second kappa shape index (κ2) is 19.6. The molecule has 0 N–H and O–H groups in total. The van der Waals surface area contributed by atoms with Crippen molar-refractivity contribution in [2.75, 3.05) is 7.11 Å². The molecule has 0 aromatic rings. The Morgan fingerprint density at radius 3 is 1.71 bits per heavy atom. The first-order valence-corrected chi connectivity index (χ1v) is 25.9. The van der Waals surface area contributed by atoms with Gasteiger partial charge in [0.1, 0.15) is 23.4 Å². The maximum Gasteiger partial charge on any atom is 0.327 e. The average Bonchev–Trinajstić information content (AvgIpc) is 3.84. The van der Waals surface area contributed by atoms with Crippen molar-refractivity contribution in [2.24, 2.45) is 68.5 Å². The van der Waals surface area contributed by atoms with Crippen LogP contribution in [0.3, 0.4) is 0 Å². The molecule has 0 spiro atoms. The van der Waals surface area contributed by atoms with Crippen LogP contribution in [-0.4, -0.2) is 66.3 Å². The molecule has 1 aliphatic heterocycles. The summed E-state index contributed by atoms with van der Waals surface area (Å²) in [6.07, 6.45) is 13.7. The predicted octanol–water partition coefficient (Wildman–Crippen LogP) is 12.1. The molecule has 1 saturated heterocycles. The molecule has 8 fully saturated rings. The Labute approximate surface area is 399 Å². The van der Waals surface area contributed by atoms with Crippen LogP contribution in [0.1, 0.15) is 207 Å². The zero-order valence-electron chi connectivity index (χ0n) is 44.4. The van der Waals surface area contributed by atoms with Crippen LogP contribution >= 0.6 is 0 Å². The van der Waals surface area contributed by atoms with Crippen LogP contribution in [0.2, 0.25) is 0 Å². The molecule has 8 unspecified atom stereocenters. The number of methoxy groups -OCH3 is 1. The minimum Gasteiger partial charge on any atom is -0.459 e. The van der Waals surface area contributed by atoms with E-state index in [1.54, 1.807) is 7.11 Å². The largest absolute Gasteiger partial charge is 0.459 e. The summed E-state index contributed by atoms with van der Waals surface area (Å²) in [5.41, 5.74) is -2.73. The van der Waals surface area contributed by atoms with E-state index in [1.165, 1.54) is 32.1 Å². The van der Waals surface area contributed by atoms with Gasteiger partial charge in [-0.1, -0.05) is 55.4 Å². The molecular weight excluding hydrogens is 835 g/mol. The van der Waals surface area contributed by atoms with E-state index in [0.717, 1.165) is 57.3 Å². The summed E-state index contributed by atoms with van der Waals surface area (Å²) in [6, 6.07) is 2.15. The van der Waals surface area contributed by atoms with Crippen molar-refractivity contribution in [1.29, 1.82) is 5.26 Å². The number of carbonyl (C=O) groups excluding carboxylic acids is 4. The molecule has 8 rings (SSSR count). The maximum atomic E-state index is 12.8. The van der Waals surface area contributed by atoms with Gasteiger partial charge in [-0.2, -0.15) is 5.26 Å². The number of carbonyl (C=O) groups is 4. The van der Waals surface area contributed by atoms with Crippen molar-refractivity contribution >= 4 is 23.9 Å². The third-order valence-electron chi connectivity index (χ3n) is 18.0. The Hall–Kier alpha value is -2.71. The standard InChI is InChI=1S/C21H36O4.C19H36O2.C15H19NO4/c1-7-19(4,5)18(22)25-21-11-15-8-16(12-21)10-20(9-15,13-21)24-17(23-6)14(2)3;1-9-18(5,6)16(20)21-19(7,8)15-12-10-14(11-13-15)17(2,3)4;1-4-14(2,3)12(17)19-10-8-5-9-11(10)20-13(18)15(9,6-8)7-16/h14-17H,7-13H2,1-6H3;14-15H,9-13H2,1-8H3;8-11H,4-6H2,1-3H3. The van der Waals surface area contributed by atoms with Crippen LogP contribution in [0.4, 0.5) is 0 Å². The van der Waals surface area contributed by atoms with Gasteiger partial charge in [-0.15, -0.1) is 0 Å². The first-order valence-electron chi connectivity index (χ1n) is 25.9. The van der Waals surface area contributed by atoms with Gasteiger partial charge in [0.15, 0.2) is 11.7 Å². The monoisotopic (exact) mass is 926 g/mol. The highest BCUT2D eigenvalue weighted by Crippen LogP contribution is 2.63. The molecule has 1 heterocycles. The SMILES string of the molecule is CCC(C)(C)C(=O)OC(C)(C)C1CCC(C(C)(C)C)CC1.CCC(C)(C)C(=O)OC12CC3CC(C1)CC(OC(OC)C(C)C)(C3)C2.CCC(C)(C)C(=O)OC1C2CC3C1OC(=O)C3(C#N)C2. The molecule has 7 saturated carbocycles. The van der Waals surface area contributed by atoms with Gasteiger partial charge in [0, 0.05) is 31.3 Å². The number of nitrogens with zero attached hydrogens (tertiary/aromatic N) is 1. The summed E-state index contributed by atoms with van der Waals surface area (Å²) in [5.74, 6) is 2.05. The predicted molar refractivity (Wildman–Crippen MR) is 254 cm³/mol. The second-order valence-electron chi connectivity index (χ2n) is 25.9. The number of nitriles is 1. The third kappa shape index (κ3) is 11.2. The number of rotatable bonds is 14. The van der Waals surface area contributed by atoms with Gasteiger partial charge in [0.2, 0.25) is 0 Å². The number of esters is 4. The maximum absolute atomic E-state index is 12.8. The molecule has 11 heteroatoms. The highest BCUT2D eigenvalue weighted by molar-refractivity contribution is 5.85. The zero-order chi connectivity index (χ0) is 49.6. The summed E-state index contributed by atoms with van der Waals surface area (Å²) in [7, 11) is 1.73. The van der Waals surface area contributed by atoms with Gasteiger partial charge in [0.25, 0.3) is 0 Å². The zero-order valence-corrected chi connectivity index (χ0v) is 44.4. The fourth-order valence-corrected chi connectivity index (χ4v) is 12.5. The number of ether oxygens (including phenoxy) is 6. The van der Waals surface area contributed by atoms with E-state index in [0.29, 0.717) is 41.9 Å². The molecule has 11 nitrogen and oxygen atoms in total. The average molecular weight is 926 g/mol. The van der Waals surface area contributed by atoms with Gasteiger partial charge >= 0.3 is 23.9 Å². The highest BCUT2D eigenvalue weighted by atomic mass is 16.7. The molecule has 6 bridgehead atoms. The van der Waals surface area contributed by atoms with Crippen LogP contribution < -0.4 is 0 Å². The summed E-state index contributed by atoms with van der Waals surface area (Å²) in [5, 5.41) is 9.31. The van der Waals surface area contributed by atoms with E-state index in [4.69, 9.17) is 28.4 Å². The molecule has 66 heavy (non-hydrogen) atoms. The molecule has 0 amide bonds. The first-order chi connectivity index (χ1) is 30.4. The summed E-state index contributed by atoms with van der Waals surface area (Å²) in [6.45, 7) is 33.1. The molecule has 0 radical (unpaired) electrons. The van der Waals surface area contributed by atoms with E-state index in [-0.39, 0.29) is 64.4 Å². The fourth-order valence-electron chi connectivity index (χ4n) is 12.5. The van der Waals surface area contributed by atoms with Gasteiger partial charge in [-0.25, -0.2) is 0 Å². The fraction of sp³-hybridized carbons (Fsp3) is 0.909. The van der Waals surface area contributed by atoms with E-state index < -0.39 is 28.3 Å². The molecule has 8 aliphatic rings. The lowest BCUT2D eigenvalue weighted by Gasteiger charge is -2.61. The minimum atomic E-state index is -0.974. The quantitative estimate of drug-likeness (QED) is 0.0931. The van der Waals surface area contributed by atoms with Crippen molar-refractivity contribution in [3.05, 3.63) is 0 Å². The van der Waals surface area contributed by atoms with Crippen molar-refractivity contribution in [2.45, 2.75) is 242 Å². The van der Waals surface area contributed by atoms with Crippen LogP contribution in [0.15, 0.2) is 0 Å². The van der Waals surface area contributed by atoms with Crippen LogP contribution in [0.5, 0.6) is 0 Å². The lowest BCUT2D eigenvalue weighted by atomic mass is 9.52. The van der Waals surface area contributed by atoms with Gasteiger partial charge in [-0.05, 0) is 174 Å². The summed E-state index contributed by atoms with van der Waals surface area (Å²) in [4.78, 5) is 49.3. The highest BCUT2D eigenvalue weighted by Gasteiger charge is 2.72. The summed E-state index contributed by atoms with van der Waals surface area (Å²) >= 11 is 0. The Balaban J connectivity index is 0.000000187. The molecule has 8 atom stereocenters. The molecule has 0 aromatic carbocycles. The van der Waals surface area contributed by atoms with Gasteiger partial charge in [0.05, 0.1) is 27.9 Å². The van der Waals surface area contributed by atoms with Gasteiger partial charge < -0.3 is 28.4 Å². The second-order valence-corrected chi connectivity index (χ2v) is 25.9. The molecule has 7 aliphatic carbocycles. The summed E-state index contributed by atoms with van der Waals surface area (Å²) < 4.78 is 35.3. The van der Waals surface area contributed by atoms with Crippen LogP contribution in [0, 0.1) is 79.8 Å². The lowest BCUT2D eigenvalue weighted by molar-refractivity contribution is -0.289. The van der Waals surface area contributed by atoms with Gasteiger partial charge in [-0.3, -0.25) is 19.2 Å². The number of fused-ring (bicyclic) bond motifs is 1. The molecule has 376 valence electrons. The van der Waals surface area contributed by atoms with Crippen molar-refractivity contribution in [3.63, 3.8) is 0 Å². The topological polar surface area (TPSA) is 147 Å². The lowest BCUT2D eigenvalue weighted by Crippen LogP contribution is -2.62. The van der Waals surface area contributed by atoms with E-state index in [2.05, 4.69) is 61.5 Å². The van der Waals surface area contributed by atoms with E-state index >= 15 is 0 Å².